The van der Waals surface area contributed by atoms with E-state index >= 15 is 0 Å². The van der Waals surface area contributed by atoms with Gasteiger partial charge in [0.2, 0.25) is 0 Å². The Morgan fingerprint density at radius 2 is 1.94 bits per heavy atom. The first-order chi connectivity index (χ1) is 8.03. The highest BCUT2D eigenvalue weighted by Gasteiger charge is 2.12. The molecule has 18 heavy (non-hydrogen) atoms. The Morgan fingerprint density at radius 3 is 2.56 bits per heavy atom. The van der Waals surface area contributed by atoms with E-state index < -0.39 is 0 Å². The van der Waals surface area contributed by atoms with Gasteiger partial charge in [-0.3, -0.25) is 9.67 Å². The van der Waals surface area contributed by atoms with Crippen LogP contribution in [0, 0.1) is 5.41 Å². The number of halogens is 1. The van der Waals surface area contributed by atoms with E-state index in [0.717, 1.165) is 13.0 Å². The summed E-state index contributed by atoms with van der Waals surface area (Å²) in [6, 6.07) is 4.02. The Kier molecular flexibility index (Phi) is 4.91. The highest BCUT2D eigenvalue weighted by atomic mass is 35.5. The Labute approximate surface area is 115 Å². The fourth-order valence-corrected chi connectivity index (χ4v) is 1.88. The lowest BCUT2D eigenvalue weighted by Crippen LogP contribution is -2.08. The number of hydrogen-bond donors (Lipinski definition) is 0. The van der Waals surface area contributed by atoms with Gasteiger partial charge >= 0.3 is 0 Å². The Balaban J connectivity index is 0.00000162. The fourth-order valence-electron chi connectivity index (χ4n) is 1.88. The molecule has 4 heteroatoms. The van der Waals surface area contributed by atoms with E-state index in [0.29, 0.717) is 5.41 Å². The standard InChI is InChI=1S/C14H19N3.ClH/c1-14(2,3)7-13-9-16-17(11-13)10-12-5-4-6-15-8-12;/h4-6,8-9,11H,7,10H2,1-3H3;1H. The highest BCUT2D eigenvalue weighted by Crippen LogP contribution is 2.20. The van der Waals surface area contributed by atoms with Crippen molar-refractivity contribution in [3.8, 4) is 0 Å². The lowest BCUT2D eigenvalue weighted by molar-refractivity contribution is 0.411. The molecule has 0 N–H and O–H groups in total. The molecule has 3 nitrogen and oxygen atoms in total. The van der Waals surface area contributed by atoms with Crippen LogP contribution in [0.15, 0.2) is 36.9 Å². The first kappa shape index (κ1) is 14.7. The predicted octanol–water partition coefficient (Wildman–Crippen LogP) is 3.34. The minimum absolute atomic E-state index is 0. The molecule has 2 heterocycles. The Bertz CT molecular complexity index is 471. The van der Waals surface area contributed by atoms with Gasteiger partial charge in [0.05, 0.1) is 12.7 Å². The van der Waals surface area contributed by atoms with Crippen molar-refractivity contribution in [2.75, 3.05) is 0 Å². The van der Waals surface area contributed by atoms with Crippen LogP contribution in [0.2, 0.25) is 0 Å². The molecule has 0 radical (unpaired) electrons. The highest BCUT2D eigenvalue weighted by molar-refractivity contribution is 5.85. The molecule has 0 atom stereocenters. The molecule has 0 saturated carbocycles. The molecule has 0 spiro atoms. The van der Waals surface area contributed by atoms with Crippen molar-refractivity contribution < 1.29 is 0 Å². The van der Waals surface area contributed by atoms with Crippen molar-refractivity contribution in [2.45, 2.75) is 33.7 Å². The largest absolute Gasteiger partial charge is 0.268 e. The van der Waals surface area contributed by atoms with Gasteiger partial charge < -0.3 is 0 Å². The summed E-state index contributed by atoms with van der Waals surface area (Å²) in [6.45, 7) is 7.51. The van der Waals surface area contributed by atoms with Crippen molar-refractivity contribution >= 4 is 12.4 Å². The number of rotatable bonds is 3. The number of aromatic nitrogens is 3. The molecule has 98 valence electrons. The zero-order valence-corrected chi connectivity index (χ0v) is 11.9. The first-order valence-corrected chi connectivity index (χ1v) is 5.93. The van der Waals surface area contributed by atoms with Gasteiger partial charge in [-0.1, -0.05) is 26.8 Å². The summed E-state index contributed by atoms with van der Waals surface area (Å²) in [5, 5.41) is 4.38. The normalized spacial score (nSPS) is 11.1. The Hall–Kier alpha value is -1.35. The van der Waals surface area contributed by atoms with Gasteiger partial charge in [0.25, 0.3) is 0 Å². The third kappa shape index (κ3) is 4.49. The second kappa shape index (κ2) is 6.01. The van der Waals surface area contributed by atoms with E-state index in [2.05, 4.69) is 43.1 Å². The van der Waals surface area contributed by atoms with E-state index in [9.17, 15) is 0 Å². The maximum absolute atomic E-state index is 4.38. The molecule has 0 fully saturated rings. The molecule has 2 aromatic rings. The van der Waals surface area contributed by atoms with Crippen molar-refractivity contribution in [1.82, 2.24) is 14.8 Å². The number of nitrogens with zero attached hydrogens (tertiary/aromatic N) is 3. The summed E-state index contributed by atoms with van der Waals surface area (Å²) in [4.78, 5) is 4.11. The zero-order valence-electron chi connectivity index (χ0n) is 11.1. The topological polar surface area (TPSA) is 30.7 Å². The summed E-state index contributed by atoms with van der Waals surface area (Å²) < 4.78 is 1.97. The van der Waals surface area contributed by atoms with E-state index in [1.165, 1.54) is 11.1 Å². The van der Waals surface area contributed by atoms with E-state index in [-0.39, 0.29) is 12.4 Å². The summed E-state index contributed by atoms with van der Waals surface area (Å²) in [7, 11) is 0. The van der Waals surface area contributed by atoms with Crippen LogP contribution in [-0.2, 0) is 13.0 Å². The molecule has 0 bridgehead atoms. The first-order valence-electron chi connectivity index (χ1n) is 5.93. The number of pyridine rings is 1. The van der Waals surface area contributed by atoms with Crippen LogP contribution in [-0.4, -0.2) is 14.8 Å². The number of hydrogen-bond acceptors (Lipinski definition) is 2. The summed E-state index contributed by atoms with van der Waals surface area (Å²) in [5.41, 5.74) is 2.78. The van der Waals surface area contributed by atoms with Crippen LogP contribution in [0.5, 0.6) is 0 Å². The van der Waals surface area contributed by atoms with Gasteiger partial charge in [-0.2, -0.15) is 5.10 Å². The maximum atomic E-state index is 4.38. The van der Waals surface area contributed by atoms with Crippen LogP contribution >= 0.6 is 12.4 Å². The average Bonchev–Trinajstić information content (AvgIpc) is 2.64. The fraction of sp³-hybridized carbons (Fsp3) is 0.429. The quantitative estimate of drug-likeness (QED) is 0.852. The molecule has 0 aliphatic carbocycles. The van der Waals surface area contributed by atoms with Crippen LogP contribution in [0.4, 0.5) is 0 Å². The van der Waals surface area contributed by atoms with Gasteiger partial charge in [0.1, 0.15) is 0 Å². The molecular weight excluding hydrogens is 246 g/mol. The second-order valence-corrected chi connectivity index (χ2v) is 5.64. The molecule has 0 unspecified atom stereocenters. The summed E-state index contributed by atoms with van der Waals surface area (Å²) in [5.74, 6) is 0. The third-order valence-electron chi connectivity index (χ3n) is 2.49. The lowest BCUT2D eigenvalue weighted by atomic mass is 9.89. The molecule has 0 aliphatic rings. The second-order valence-electron chi connectivity index (χ2n) is 5.64. The van der Waals surface area contributed by atoms with Crippen LogP contribution < -0.4 is 0 Å². The summed E-state index contributed by atoms with van der Waals surface area (Å²) in [6.07, 6.45) is 8.81. The van der Waals surface area contributed by atoms with Crippen molar-refractivity contribution in [1.29, 1.82) is 0 Å². The SMILES string of the molecule is CC(C)(C)Cc1cnn(Cc2cccnc2)c1.Cl. The van der Waals surface area contributed by atoms with Crippen molar-refractivity contribution in [3.05, 3.63) is 48.0 Å². The van der Waals surface area contributed by atoms with E-state index in [1.807, 2.05) is 23.1 Å². The predicted molar refractivity (Wildman–Crippen MR) is 76.0 cm³/mol. The monoisotopic (exact) mass is 265 g/mol. The minimum atomic E-state index is 0. The van der Waals surface area contributed by atoms with E-state index in [4.69, 9.17) is 0 Å². The molecule has 0 amide bonds. The molecular formula is C14H20ClN3. The van der Waals surface area contributed by atoms with Gasteiger partial charge in [-0.15, -0.1) is 12.4 Å². The zero-order chi connectivity index (χ0) is 12.3. The molecule has 2 aromatic heterocycles. The van der Waals surface area contributed by atoms with E-state index in [1.54, 1.807) is 6.20 Å². The molecule has 0 aliphatic heterocycles. The van der Waals surface area contributed by atoms with Gasteiger partial charge in [-0.05, 0) is 29.0 Å². The maximum Gasteiger partial charge on any atom is 0.0674 e. The lowest BCUT2D eigenvalue weighted by Gasteiger charge is -2.16. The van der Waals surface area contributed by atoms with Crippen LogP contribution in [0.25, 0.3) is 0 Å². The van der Waals surface area contributed by atoms with Gasteiger partial charge in [0, 0.05) is 18.6 Å². The minimum Gasteiger partial charge on any atom is -0.268 e. The van der Waals surface area contributed by atoms with Gasteiger partial charge in [0.15, 0.2) is 0 Å². The smallest absolute Gasteiger partial charge is 0.0674 e. The average molecular weight is 266 g/mol. The third-order valence-corrected chi connectivity index (χ3v) is 2.49. The van der Waals surface area contributed by atoms with Crippen LogP contribution in [0.1, 0.15) is 31.9 Å². The van der Waals surface area contributed by atoms with Crippen LogP contribution in [0.3, 0.4) is 0 Å². The molecule has 0 aromatic carbocycles. The van der Waals surface area contributed by atoms with Gasteiger partial charge in [-0.25, -0.2) is 0 Å². The van der Waals surface area contributed by atoms with Crippen molar-refractivity contribution in [3.63, 3.8) is 0 Å². The molecule has 0 saturated heterocycles. The van der Waals surface area contributed by atoms with Crippen molar-refractivity contribution in [2.24, 2.45) is 5.41 Å². The Morgan fingerprint density at radius 1 is 1.17 bits per heavy atom. The molecule has 2 rings (SSSR count). The summed E-state index contributed by atoms with van der Waals surface area (Å²) >= 11 is 0.